The van der Waals surface area contributed by atoms with Crippen molar-refractivity contribution in [1.29, 1.82) is 0 Å². The Kier molecular flexibility index (Phi) is 5.56. The summed E-state index contributed by atoms with van der Waals surface area (Å²) in [6, 6.07) is -0.955. The van der Waals surface area contributed by atoms with Gasteiger partial charge < -0.3 is 15.6 Å². The average Bonchev–Trinajstić information content (AvgIpc) is 2.53. The van der Waals surface area contributed by atoms with E-state index in [9.17, 15) is 9.90 Å². The van der Waals surface area contributed by atoms with Crippen LogP contribution in [0.4, 0.5) is 0 Å². The third-order valence-electron chi connectivity index (χ3n) is 2.60. The van der Waals surface area contributed by atoms with Gasteiger partial charge in [0.05, 0.1) is 5.60 Å². The summed E-state index contributed by atoms with van der Waals surface area (Å²) in [7, 11) is 0. The highest BCUT2D eigenvalue weighted by atomic mass is 35.5. The van der Waals surface area contributed by atoms with Crippen LogP contribution in [0, 0.1) is 0 Å². The second-order valence-electron chi connectivity index (χ2n) is 4.47. The molecule has 1 aliphatic carbocycles. The first-order valence-corrected chi connectivity index (χ1v) is 5.09. The average molecular weight is 238 g/mol. The molecule has 0 aromatic heterocycles. The van der Waals surface area contributed by atoms with Crippen LogP contribution in [0.1, 0.15) is 39.5 Å². The number of aliphatic hydroxyl groups is 1. The van der Waals surface area contributed by atoms with E-state index in [-0.39, 0.29) is 18.5 Å². The van der Waals surface area contributed by atoms with Gasteiger partial charge in [0.2, 0.25) is 0 Å². The quantitative estimate of drug-likeness (QED) is 0.719. The van der Waals surface area contributed by atoms with Crippen LogP contribution in [-0.2, 0) is 9.53 Å². The summed E-state index contributed by atoms with van der Waals surface area (Å²) in [5.41, 5.74) is 4.34. The van der Waals surface area contributed by atoms with Gasteiger partial charge in [-0.1, -0.05) is 0 Å². The second kappa shape index (κ2) is 5.68. The summed E-state index contributed by atoms with van der Waals surface area (Å²) in [5.74, 6) is -0.496. The van der Waals surface area contributed by atoms with Gasteiger partial charge in [0.15, 0.2) is 0 Å². The van der Waals surface area contributed by atoms with Crippen LogP contribution >= 0.6 is 12.4 Å². The van der Waals surface area contributed by atoms with Gasteiger partial charge in [-0.05, 0) is 39.5 Å². The van der Waals surface area contributed by atoms with Gasteiger partial charge in [-0.2, -0.15) is 0 Å². The van der Waals surface area contributed by atoms with Crippen molar-refractivity contribution in [3.63, 3.8) is 0 Å². The third kappa shape index (κ3) is 4.36. The van der Waals surface area contributed by atoms with Crippen LogP contribution in [0.3, 0.4) is 0 Å². The first kappa shape index (κ1) is 14.7. The SMILES string of the molecule is CC(C)(O)C(N)C(=O)OC1CCCC1.Cl. The highest BCUT2D eigenvalue weighted by molar-refractivity contribution is 5.85. The highest BCUT2D eigenvalue weighted by Crippen LogP contribution is 2.22. The van der Waals surface area contributed by atoms with E-state index in [1.807, 2.05) is 0 Å². The minimum Gasteiger partial charge on any atom is -0.461 e. The van der Waals surface area contributed by atoms with Gasteiger partial charge in [0, 0.05) is 0 Å². The number of ether oxygens (including phenoxy) is 1. The van der Waals surface area contributed by atoms with Crippen LogP contribution in [0.25, 0.3) is 0 Å². The number of carbonyl (C=O) groups excluding carboxylic acids is 1. The Morgan fingerprint density at radius 1 is 1.47 bits per heavy atom. The molecular formula is C10H20ClNO3. The zero-order chi connectivity index (χ0) is 10.8. The van der Waals surface area contributed by atoms with Crippen molar-refractivity contribution in [2.75, 3.05) is 0 Å². The Balaban J connectivity index is 0.00000196. The molecule has 5 heteroatoms. The molecule has 0 aromatic carbocycles. The topological polar surface area (TPSA) is 72.5 Å². The maximum Gasteiger partial charge on any atom is 0.326 e. The Morgan fingerprint density at radius 2 is 1.93 bits per heavy atom. The molecule has 15 heavy (non-hydrogen) atoms. The minimum atomic E-state index is -1.21. The predicted molar refractivity (Wildman–Crippen MR) is 59.9 cm³/mol. The van der Waals surface area contributed by atoms with Crippen LogP contribution in [0.2, 0.25) is 0 Å². The first-order valence-electron chi connectivity index (χ1n) is 5.09. The fraction of sp³-hybridized carbons (Fsp3) is 0.900. The van der Waals surface area contributed by atoms with E-state index in [4.69, 9.17) is 10.5 Å². The molecule has 4 nitrogen and oxygen atoms in total. The summed E-state index contributed by atoms with van der Waals surface area (Å²) in [4.78, 5) is 11.4. The van der Waals surface area contributed by atoms with Gasteiger partial charge in [-0.3, -0.25) is 4.79 Å². The number of carbonyl (C=O) groups is 1. The standard InChI is InChI=1S/C10H19NO3.ClH/c1-10(2,13)8(11)9(12)14-7-5-3-4-6-7;/h7-8,13H,3-6,11H2,1-2H3;1H. The number of hydrogen-bond donors (Lipinski definition) is 2. The maximum atomic E-state index is 11.4. The van der Waals surface area contributed by atoms with Crippen molar-refractivity contribution < 1.29 is 14.6 Å². The van der Waals surface area contributed by atoms with E-state index in [1.54, 1.807) is 0 Å². The van der Waals surface area contributed by atoms with Gasteiger partial charge >= 0.3 is 5.97 Å². The molecule has 1 atom stereocenters. The Bertz CT molecular complexity index is 209. The molecule has 3 N–H and O–H groups in total. The van der Waals surface area contributed by atoms with E-state index in [2.05, 4.69) is 0 Å². The van der Waals surface area contributed by atoms with Crippen molar-refractivity contribution in [1.82, 2.24) is 0 Å². The van der Waals surface area contributed by atoms with Crippen molar-refractivity contribution >= 4 is 18.4 Å². The van der Waals surface area contributed by atoms with E-state index in [0.717, 1.165) is 25.7 Å². The van der Waals surface area contributed by atoms with E-state index < -0.39 is 17.6 Å². The predicted octanol–water partition coefficient (Wildman–Crippen LogP) is 0.992. The van der Waals surface area contributed by atoms with Crippen LogP contribution in [-0.4, -0.2) is 28.8 Å². The zero-order valence-corrected chi connectivity index (χ0v) is 10.0. The molecule has 1 aliphatic rings. The Morgan fingerprint density at radius 3 is 2.33 bits per heavy atom. The molecule has 1 unspecified atom stereocenters. The van der Waals surface area contributed by atoms with Crippen LogP contribution < -0.4 is 5.73 Å². The molecule has 0 aliphatic heterocycles. The molecule has 0 aromatic rings. The molecule has 0 radical (unpaired) electrons. The highest BCUT2D eigenvalue weighted by Gasteiger charge is 2.32. The van der Waals surface area contributed by atoms with Crippen molar-refractivity contribution in [2.45, 2.75) is 57.3 Å². The number of rotatable bonds is 3. The lowest BCUT2D eigenvalue weighted by Gasteiger charge is -2.25. The lowest BCUT2D eigenvalue weighted by Crippen LogP contribution is -2.50. The number of nitrogens with two attached hydrogens (primary N) is 1. The Labute approximate surface area is 96.6 Å². The van der Waals surface area contributed by atoms with Gasteiger partial charge in [0.1, 0.15) is 12.1 Å². The first-order chi connectivity index (χ1) is 6.41. The van der Waals surface area contributed by atoms with Crippen molar-refractivity contribution in [2.24, 2.45) is 5.73 Å². The lowest BCUT2D eigenvalue weighted by atomic mass is 10.0. The summed E-state index contributed by atoms with van der Waals surface area (Å²) in [5, 5.41) is 9.50. The van der Waals surface area contributed by atoms with Gasteiger partial charge in [-0.25, -0.2) is 0 Å². The maximum absolute atomic E-state index is 11.4. The van der Waals surface area contributed by atoms with Crippen molar-refractivity contribution in [3.8, 4) is 0 Å². The van der Waals surface area contributed by atoms with Crippen LogP contribution in [0.15, 0.2) is 0 Å². The molecule has 0 heterocycles. The van der Waals surface area contributed by atoms with E-state index in [0.29, 0.717) is 0 Å². The normalized spacial score (nSPS) is 19.5. The van der Waals surface area contributed by atoms with E-state index in [1.165, 1.54) is 13.8 Å². The van der Waals surface area contributed by atoms with Crippen molar-refractivity contribution in [3.05, 3.63) is 0 Å². The van der Waals surface area contributed by atoms with Crippen LogP contribution in [0.5, 0.6) is 0 Å². The summed E-state index contributed by atoms with van der Waals surface area (Å²) >= 11 is 0. The smallest absolute Gasteiger partial charge is 0.326 e. The summed E-state index contributed by atoms with van der Waals surface area (Å²) in [6.07, 6.45) is 4.07. The molecule has 0 amide bonds. The van der Waals surface area contributed by atoms with E-state index >= 15 is 0 Å². The molecule has 1 fully saturated rings. The fourth-order valence-corrected chi connectivity index (χ4v) is 1.53. The fourth-order valence-electron chi connectivity index (χ4n) is 1.53. The largest absolute Gasteiger partial charge is 0.461 e. The zero-order valence-electron chi connectivity index (χ0n) is 9.23. The minimum absolute atomic E-state index is 0. The monoisotopic (exact) mass is 237 g/mol. The summed E-state index contributed by atoms with van der Waals surface area (Å²) < 4.78 is 5.18. The molecule has 0 saturated heterocycles. The molecular weight excluding hydrogens is 218 g/mol. The molecule has 1 saturated carbocycles. The molecule has 90 valence electrons. The number of hydrogen-bond acceptors (Lipinski definition) is 4. The van der Waals surface area contributed by atoms with Gasteiger partial charge in [-0.15, -0.1) is 12.4 Å². The third-order valence-corrected chi connectivity index (χ3v) is 2.60. The Hall–Kier alpha value is -0.320. The summed E-state index contributed by atoms with van der Waals surface area (Å²) in [6.45, 7) is 3.02. The molecule has 0 spiro atoms. The second-order valence-corrected chi connectivity index (χ2v) is 4.47. The number of halogens is 1. The lowest BCUT2D eigenvalue weighted by molar-refractivity contribution is -0.155. The number of esters is 1. The molecule has 1 rings (SSSR count). The van der Waals surface area contributed by atoms with Gasteiger partial charge in [0.25, 0.3) is 0 Å². The molecule has 0 bridgehead atoms.